The lowest BCUT2D eigenvalue weighted by Crippen LogP contribution is -2.51. The standard InChI is InChI=1S/C37H37F2N7O2/c1-4-26-28(38)9-6-22-16-25(47)17-27(30(22)26)33-32(39)34-31(29(5-2)41-33)35(46-18-23-7-8-24(19-46)40-23)43-36(42-34)48-21-37(10-11-37)20-45-14-12-44(3)13-15-45/h1-2,6,9,16-17,23-24,40,47H,7-8,10-15,18-21H2,3H3/t23-,24+. The number of aromatic hydroxyl groups is 1. The highest BCUT2D eigenvalue weighted by Crippen LogP contribution is 2.47. The monoisotopic (exact) mass is 649 g/mol. The van der Waals surface area contributed by atoms with E-state index in [0.717, 1.165) is 58.4 Å². The fraction of sp³-hybridized carbons (Fsp3) is 0.432. The van der Waals surface area contributed by atoms with Gasteiger partial charge in [0, 0.05) is 74.3 Å². The second-order valence-corrected chi connectivity index (χ2v) is 13.9. The lowest BCUT2D eigenvalue weighted by Gasteiger charge is -2.35. The zero-order valence-electron chi connectivity index (χ0n) is 26.9. The largest absolute Gasteiger partial charge is 0.508 e. The van der Waals surface area contributed by atoms with Gasteiger partial charge in [0.1, 0.15) is 34.3 Å². The molecule has 3 aliphatic heterocycles. The maximum absolute atomic E-state index is 17.0. The van der Waals surface area contributed by atoms with E-state index in [1.54, 1.807) is 0 Å². The summed E-state index contributed by atoms with van der Waals surface area (Å²) in [6, 6.07) is 6.10. The van der Waals surface area contributed by atoms with E-state index < -0.39 is 11.6 Å². The molecule has 0 spiro atoms. The summed E-state index contributed by atoms with van der Waals surface area (Å²) in [5, 5.41) is 15.3. The number of likely N-dealkylation sites (N-methyl/N-ethyl adjacent to an activating group) is 1. The fourth-order valence-corrected chi connectivity index (χ4v) is 7.66. The number of ether oxygens (including phenoxy) is 1. The highest BCUT2D eigenvalue weighted by molar-refractivity contribution is 6.04. The van der Waals surface area contributed by atoms with Gasteiger partial charge in [0.05, 0.1) is 17.6 Å². The molecule has 0 unspecified atom stereocenters. The zero-order valence-corrected chi connectivity index (χ0v) is 26.9. The first-order valence-electron chi connectivity index (χ1n) is 16.6. The number of piperazine rings is 2. The average Bonchev–Trinajstić information content (AvgIpc) is 3.78. The van der Waals surface area contributed by atoms with Crippen molar-refractivity contribution in [3.63, 3.8) is 0 Å². The van der Waals surface area contributed by atoms with Gasteiger partial charge in [0.25, 0.3) is 0 Å². The molecule has 4 fully saturated rings. The summed E-state index contributed by atoms with van der Waals surface area (Å²) in [5.41, 5.74) is -0.0473. The van der Waals surface area contributed by atoms with Gasteiger partial charge < -0.3 is 29.9 Å². The first-order valence-corrected chi connectivity index (χ1v) is 16.6. The Kier molecular flexibility index (Phi) is 7.59. The molecule has 8 rings (SSSR count). The van der Waals surface area contributed by atoms with Crippen LogP contribution < -0.4 is 15.0 Å². The molecule has 0 radical (unpaired) electrons. The molecule has 246 valence electrons. The summed E-state index contributed by atoms with van der Waals surface area (Å²) in [4.78, 5) is 21.1. The van der Waals surface area contributed by atoms with E-state index in [1.165, 1.54) is 24.3 Å². The molecular weight excluding hydrogens is 612 g/mol. The number of phenolic OH excluding ortho intramolecular Hbond substituents is 1. The van der Waals surface area contributed by atoms with Gasteiger partial charge in [-0.25, -0.2) is 13.8 Å². The van der Waals surface area contributed by atoms with Gasteiger partial charge in [-0.3, -0.25) is 0 Å². The summed E-state index contributed by atoms with van der Waals surface area (Å²) in [6.07, 6.45) is 16.0. The molecule has 2 bridgehead atoms. The van der Waals surface area contributed by atoms with Crippen LogP contribution in [0.4, 0.5) is 14.6 Å². The van der Waals surface area contributed by atoms with E-state index >= 15 is 4.39 Å². The molecule has 0 amide bonds. The molecule has 3 saturated heterocycles. The molecule has 1 saturated carbocycles. The second-order valence-electron chi connectivity index (χ2n) is 13.9. The molecule has 9 nitrogen and oxygen atoms in total. The van der Waals surface area contributed by atoms with Crippen LogP contribution in [0.5, 0.6) is 11.8 Å². The molecule has 4 aromatic rings. The van der Waals surface area contributed by atoms with E-state index in [2.05, 4.69) is 48.9 Å². The van der Waals surface area contributed by atoms with Gasteiger partial charge in [0.15, 0.2) is 5.82 Å². The molecule has 4 aliphatic rings. The Bertz CT molecular complexity index is 2020. The smallest absolute Gasteiger partial charge is 0.319 e. The van der Waals surface area contributed by atoms with Gasteiger partial charge in [-0.15, -0.1) is 12.8 Å². The molecule has 2 N–H and O–H groups in total. The lowest BCUT2D eigenvalue weighted by molar-refractivity contribution is 0.107. The van der Waals surface area contributed by atoms with E-state index in [4.69, 9.17) is 22.6 Å². The minimum atomic E-state index is -0.784. The van der Waals surface area contributed by atoms with E-state index in [9.17, 15) is 9.50 Å². The van der Waals surface area contributed by atoms with Crippen LogP contribution in [0.2, 0.25) is 0 Å². The number of nitrogens with zero attached hydrogens (tertiary/aromatic N) is 6. The van der Waals surface area contributed by atoms with Crippen molar-refractivity contribution in [1.29, 1.82) is 0 Å². The maximum atomic E-state index is 17.0. The molecule has 48 heavy (non-hydrogen) atoms. The summed E-state index contributed by atoms with van der Waals surface area (Å²) < 4.78 is 38.3. The van der Waals surface area contributed by atoms with Crippen LogP contribution in [0.1, 0.15) is 36.9 Å². The summed E-state index contributed by atoms with van der Waals surface area (Å²) in [5.74, 6) is 3.92. The Hall–Kier alpha value is -4.55. The number of fused-ring (bicyclic) bond motifs is 4. The van der Waals surface area contributed by atoms with E-state index in [0.29, 0.717) is 36.3 Å². The Morgan fingerprint density at radius 3 is 2.44 bits per heavy atom. The Balaban J connectivity index is 1.25. The normalized spacial score (nSPS) is 22.1. The van der Waals surface area contributed by atoms with Gasteiger partial charge in [-0.2, -0.15) is 9.97 Å². The minimum absolute atomic E-state index is 0.00461. The van der Waals surface area contributed by atoms with Crippen molar-refractivity contribution in [1.82, 2.24) is 30.1 Å². The maximum Gasteiger partial charge on any atom is 0.319 e. The topological polar surface area (TPSA) is 89.9 Å². The number of benzene rings is 2. The molecule has 2 aromatic heterocycles. The summed E-state index contributed by atoms with van der Waals surface area (Å²) >= 11 is 0. The molecule has 2 atom stereocenters. The number of nitrogens with one attached hydrogen (secondary N) is 1. The number of rotatable bonds is 7. The third-order valence-corrected chi connectivity index (χ3v) is 10.5. The molecule has 11 heteroatoms. The number of anilines is 1. The van der Waals surface area contributed by atoms with Crippen molar-refractivity contribution < 1.29 is 18.6 Å². The van der Waals surface area contributed by atoms with Crippen LogP contribution >= 0.6 is 0 Å². The highest BCUT2D eigenvalue weighted by atomic mass is 19.1. The van der Waals surface area contributed by atoms with Crippen LogP contribution in [-0.2, 0) is 0 Å². The van der Waals surface area contributed by atoms with E-state index in [-0.39, 0.29) is 62.7 Å². The fourth-order valence-electron chi connectivity index (χ4n) is 7.66. The highest BCUT2D eigenvalue weighted by Gasteiger charge is 2.45. The van der Waals surface area contributed by atoms with Gasteiger partial charge in [-0.05, 0) is 62.2 Å². The van der Waals surface area contributed by atoms with Crippen LogP contribution in [0.25, 0.3) is 32.9 Å². The average molecular weight is 650 g/mol. The van der Waals surface area contributed by atoms with E-state index in [1.807, 2.05) is 0 Å². The van der Waals surface area contributed by atoms with Crippen molar-refractivity contribution in [2.45, 2.75) is 37.8 Å². The Morgan fingerprint density at radius 1 is 1.00 bits per heavy atom. The Labute approximate surface area is 278 Å². The van der Waals surface area contributed by atoms with Gasteiger partial charge >= 0.3 is 6.01 Å². The third kappa shape index (κ3) is 5.46. The minimum Gasteiger partial charge on any atom is -0.508 e. The number of terminal acetylenes is 2. The number of hydrogen-bond donors (Lipinski definition) is 2. The van der Waals surface area contributed by atoms with Crippen molar-refractivity contribution in [3.05, 3.63) is 47.2 Å². The molecule has 5 heterocycles. The number of phenols is 1. The van der Waals surface area contributed by atoms with Gasteiger partial charge in [0.2, 0.25) is 0 Å². The SMILES string of the molecule is C#Cc1c(F)ccc2cc(O)cc(-c3nc(C#C)c4c(N5C[C@H]6CC[C@@H](C5)N6)nc(OCC5(CN6CCN(C)CC6)CC5)nc4c3F)c12. The molecule has 1 aliphatic carbocycles. The van der Waals surface area contributed by atoms with Crippen molar-refractivity contribution in [3.8, 4) is 47.7 Å². The summed E-state index contributed by atoms with van der Waals surface area (Å²) in [6.45, 7) is 6.81. The Morgan fingerprint density at radius 2 is 1.75 bits per heavy atom. The predicted molar refractivity (Wildman–Crippen MR) is 181 cm³/mol. The number of halogens is 2. The third-order valence-electron chi connectivity index (χ3n) is 10.5. The van der Waals surface area contributed by atoms with Crippen LogP contribution in [0.3, 0.4) is 0 Å². The first-order chi connectivity index (χ1) is 23.2. The first kappa shape index (κ1) is 30.8. The van der Waals surface area contributed by atoms with Crippen molar-refractivity contribution in [2.24, 2.45) is 5.41 Å². The van der Waals surface area contributed by atoms with Crippen LogP contribution in [0.15, 0.2) is 24.3 Å². The van der Waals surface area contributed by atoms with Crippen molar-refractivity contribution >= 4 is 27.5 Å². The van der Waals surface area contributed by atoms with Crippen molar-refractivity contribution in [2.75, 3.05) is 64.4 Å². The zero-order chi connectivity index (χ0) is 33.2. The van der Waals surface area contributed by atoms with Crippen LogP contribution in [0, 0.1) is 41.7 Å². The number of aromatic nitrogens is 3. The predicted octanol–water partition coefficient (Wildman–Crippen LogP) is 4.14. The molecule has 2 aromatic carbocycles. The molecular formula is C37H37F2N7O2. The lowest BCUT2D eigenvalue weighted by atomic mass is 9.95. The summed E-state index contributed by atoms with van der Waals surface area (Å²) in [7, 11) is 2.15. The van der Waals surface area contributed by atoms with Crippen LogP contribution in [-0.4, -0.2) is 101 Å². The quantitative estimate of drug-likeness (QED) is 0.287. The van der Waals surface area contributed by atoms with Gasteiger partial charge in [-0.1, -0.05) is 12.0 Å². The second kappa shape index (κ2) is 11.9. The number of pyridine rings is 1. The number of hydrogen-bond acceptors (Lipinski definition) is 9.